The third-order valence-corrected chi connectivity index (χ3v) is 8.87. The summed E-state index contributed by atoms with van der Waals surface area (Å²) >= 11 is 0. The van der Waals surface area contributed by atoms with Gasteiger partial charge in [-0.2, -0.15) is 4.31 Å². The Morgan fingerprint density at radius 2 is 1.57 bits per heavy atom. The summed E-state index contributed by atoms with van der Waals surface area (Å²) in [7, 11) is -2.44. The summed E-state index contributed by atoms with van der Waals surface area (Å²) in [6, 6.07) is 22.6. The molecule has 0 saturated heterocycles. The number of aromatic amines is 1. The number of carboxylic acids is 2. The van der Waals surface area contributed by atoms with Gasteiger partial charge in [-0.15, -0.1) is 0 Å². The van der Waals surface area contributed by atoms with Crippen LogP contribution < -0.4 is 14.2 Å². The Morgan fingerprint density at radius 3 is 2.30 bits per heavy atom. The molecule has 0 atom stereocenters. The van der Waals surface area contributed by atoms with E-state index < -0.39 is 35.2 Å². The Morgan fingerprint density at radius 1 is 0.841 bits per heavy atom. The molecule has 5 aromatic rings. The van der Waals surface area contributed by atoms with Crippen LogP contribution in [0.1, 0.15) is 11.1 Å². The molecule has 3 N–H and O–H groups in total. The quantitative estimate of drug-likeness (QED) is 0.161. The minimum Gasteiger partial charge on any atom is -0.497 e. The van der Waals surface area contributed by atoms with Crippen molar-refractivity contribution < 1.29 is 42.4 Å². The van der Waals surface area contributed by atoms with Gasteiger partial charge in [0.25, 0.3) is 0 Å². The van der Waals surface area contributed by atoms with Crippen LogP contribution in [0.3, 0.4) is 0 Å². The summed E-state index contributed by atoms with van der Waals surface area (Å²) in [5, 5.41) is 20.7. The standard InChI is InChI=1S/C32H30N2O9S/c1-41-25-8-10-28-27(16-25)24(17-33-28)12-13-34(44(39,40)26-9-7-22-4-2-3-5-23(22)15-26)18-21-6-11-29(42-19-31(35)36)30(14-21)43-20-32(37)38/h2-11,14-17,33H,12-13,18-20H2,1H3,(H,35,36)(H,37,38). The molecular weight excluding hydrogens is 588 g/mol. The molecule has 0 unspecified atom stereocenters. The van der Waals surface area contributed by atoms with Gasteiger partial charge in [0.2, 0.25) is 10.0 Å². The van der Waals surface area contributed by atoms with Crippen molar-refractivity contribution in [2.75, 3.05) is 26.9 Å². The number of rotatable bonds is 14. The zero-order valence-corrected chi connectivity index (χ0v) is 24.5. The summed E-state index contributed by atoms with van der Waals surface area (Å²) in [6.45, 7) is -1.33. The van der Waals surface area contributed by atoms with E-state index in [9.17, 15) is 18.0 Å². The van der Waals surface area contributed by atoms with Crippen molar-refractivity contribution in [1.82, 2.24) is 9.29 Å². The van der Waals surface area contributed by atoms with Crippen LogP contribution in [0.15, 0.2) is 90.0 Å². The molecule has 0 aliphatic carbocycles. The molecule has 0 amide bonds. The second-order valence-corrected chi connectivity index (χ2v) is 11.9. The van der Waals surface area contributed by atoms with Crippen LogP contribution in [0, 0.1) is 0 Å². The highest BCUT2D eigenvalue weighted by Crippen LogP contribution is 2.31. The van der Waals surface area contributed by atoms with Gasteiger partial charge in [0.05, 0.1) is 12.0 Å². The summed E-state index contributed by atoms with van der Waals surface area (Å²) in [6.07, 6.45) is 2.22. The summed E-state index contributed by atoms with van der Waals surface area (Å²) in [5.74, 6) is -1.78. The van der Waals surface area contributed by atoms with Gasteiger partial charge in [-0.3, -0.25) is 0 Å². The Labute approximate surface area is 253 Å². The first kappa shape index (κ1) is 30.4. The minimum atomic E-state index is -4.03. The average Bonchev–Trinajstić information content (AvgIpc) is 3.42. The maximum Gasteiger partial charge on any atom is 0.341 e. The highest BCUT2D eigenvalue weighted by atomic mass is 32.2. The molecule has 0 spiro atoms. The van der Waals surface area contributed by atoms with Gasteiger partial charge in [0, 0.05) is 30.2 Å². The molecule has 0 saturated carbocycles. The third-order valence-electron chi connectivity index (χ3n) is 7.03. The van der Waals surface area contributed by atoms with Gasteiger partial charge < -0.3 is 29.4 Å². The van der Waals surface area contributed by atoms with Gasteiger partial charge in [-0.1, -0.05) is 36.4 Å². The minimum absolute atomic E-state index is 0.0158. The third kappa shape index (κ3) is 6.93. The van der Waals surface area contributed by atoms with Gasteiger partial charge in [-0.05, 0) is 70.8 Å². The predicted octanol–water partition coefficient (Wildman–Crippen LogP) is 4.69. The number of nitrogens with one attached hydrogen (secondary N) is 1. The molecule has 4 aromatic carbocycles. The Kier molecular flexibility index (Phi) is 9.02. The molecule has 0 aliphatic heterocycles. The van der Waals surface area contributed by atoms with Crippen LogP contribution in [0.25, 0.3) is 21.7 Å². The fourth-order valence-electron chi connectivity index (χ4n) is 4.86. The van der Waals surface area contributed by atoms with Crippen molar-refractivity contribution in [2.24, 2.45) is 0 Å². The van der Waals surface area contributed by atoms with E-state index in [1.54, 1.807) is 31.4 Å². The van der Waals surface area contributed by atoms with E-state index >= 15 is 0 Å². The van der Waals surface area contributed by atoms with Crippen molar-refractivity contribution in [2.45, 2.75) is 17.9 Å². The number of fused-ring (bicyclic) bond motifs is 2. The van der Waals surface area contributed by atoms with E-state index in [2.05, 4.69) is 4.98 Å². The van der Waals surface area contributed by atoms with Crippen LogP contribution in [0.4, 0.5) is 0 Å². The topological polar surface area (TPSA) is 155 Å². The number of benzene rings is 4. The lowest BCUT2D eigenvalue weighted by Crippen LogP contribution is -2.32. The second-order valence-electron chi connectivity index (χ2n) is 9.97. The first-order chi connectivity index (χ1) is 21.1. The Hall–Kier alpha value is -5.07. The number of hydrogen-bond donors (Lipinski definition) is 3. The van der Waals surface area contributed by atoms with Crippen LogP contribution in [0.5, 0.6) is 17.2 Å². The molecule has 12 heteroatoms. The molecule has 1 heterocycles. The summed E-state index contributed by atoms with van der Waals surface area (Å²) in [5.41, 5.74) is 2.28. The van der Waals surface area contributed by atoms with E-state index in [0.29, 0.717) is 17.7 Å². The largest absolute Gasteiger partial charge is 0.497 e. The first-order valence-corrected chi connectivity index (χ1v) is 15.0. The van der Waals surface area contributed by atoms with E-state index in [1.807, 2.05) is 48.7 Å². The smallest absolute Gasteiger partial charge is 0.341 e. The van der Waals surface area contributed by atoms with E-state index in [-0.39, 0.29) is 29.5 Å². The number of carbonyl (C=O) groups is 2. The van der Waals surface area contributed by atoms with Gasteiger partial charge in [-0.25, -0.2) is 18.0 Å². The zero-order valence-electron chi connectivity index (χ0n) is 23.7. The molecule has 44 heavy (non-hydrogen) atoms. The second kappa shape index (κ2) is 13.1. The number of H-pyrrole nitrogens is 1. The molecule has 0 fully saturated rings. The molecule has 0 bridgehead atoms. The van der Waals surface area contributed by atoms with Crippen molar-refractivity contribution in [3.05, 3.63) is 96.2 Å². The summed E-state index contributed by atoms with van der Waals surface area (Å²) in [4.78, 5) is 25.5. The lowest BCUT2D eigenvalue weighted by atomic mass is 10.1. The number of nitrogens with zero attached hydrogens (tertiary/aromatic N) is 1. The molecular formula is C32H30N2O9S. The lowest BCUT2D eigenvalue weighted by molar-refractivity contribution is -0.140. The number of methoxy groups -OCH3 is 1. The summed E-state index contributed by atoms with van der Waals surface area (Å²) < 4.78 is 45.6. The number of aromatic nitrogens is 1. The Balaban J connectivity index is 1.50. The van der Waals surface area contributed by atoms with Crippen molar-refractivity contribution in [1.29, 1.82) is 0 Å². The zero-order chi connectivity index (χ0) is 31.3. The molecule has 228 valence electrons. The average molecular weight is 619 g/mol. The molecule has 0 aliphatic rings. The van der Waals surface area contributed by atoms with Gasteiger partial charge in [0.1, 0.15) is 5.75 Å². The number of ether oxygens (including phenoxy) is 3. The van der Waals surface area contributed by atoms with Crippen LogP contribution in [0.2, 0.25) is 0 Å². The maximum absolute atomic E-state index is 14.1. The number of carboxylic acid groups (broad SMARTS) is 2. The normalized spacial score (nSPS) is 11.6. The molecule has 5 rings (SSSR count). The SMILES string of the molecule is COc1ccc2[nH]cc(CCN(Cc3ccc(OCC(=O)O)c(OCC(=O)O)c3)S(=O)(=O)c3ccc4ccccc4c3)c2c1. The molecule has 11 nitrogen and oxygen atoms in total. The first-order valence-electron chi connectivity index (χ1n) is 13.6. The number of aliphatic carboxylic acids is 2. The van der Waals surface area contributed by atoms with E-state index in [0.717, 1.165) is 27.2 Å². The van der Waals surface area contributed by atoms with Crippen LogP contribution >= 0.6 is 0 Å². The van der Waals surface area contributed by atoms with E-state index in [4.69, 9.17) is 24.4 Å². The highest BCUT2D eigenvalue weighted by Gasteiger charge is 2.26. The van der Waals surface area contributed by atoms with Gasteiger partial charge in [0.15, 0.2) is 24.7 Å². The maximum atomic E-state index is 14.1. The van der Waals surface area contributed by atoms with Gasteiger partial charge >= 0.3 is 11.9 Å². The van der Waals surface area contributed by atoms with Crippen LogP contribution in [-0.2, 0) is 32.6 Å². The lowest BCUT2D eigenvalue weighted by Gasteiger charge is -2.23. The molecule has 1 aromatic heterocycles. The van der Waals surface area contributed by atoms with Crippen molar-refractivity contribution in [3.63, 3.8) is 0 Å². The highest BCUT2D eigenvalue weighted by molar-refractivity contribution is 7.89. The fourth-order valence-corrected chi connectivity index (χ4v) is 6.33. The van der Waals surface area contributed by atoms with E-state index in [1.165, 1.54) is 16.4 Å². The fraction of sp³-hybridized carbons (Fsp3) is 0.188. The monoisotopic (exact) mass is 618 g/mol. The number of sulfonamides is 1. The Bertz CT molecular complexity index is 1940. The number of hydrogen-bond acceptors (Lipinski definition) is 7. The predicted molar refractivity (Wildman–Crippen MR) is 163 cm³/mol. The molecule has 0 radical (unpaired) electrons. The van der Waals surface area contributed by atoms with Crippen LogP contribution in [-0.4, -0.2) is 66.7 Å². The van der Waals surface area contributed by atoms with Crippen molar-refractivity contribution in [3.8, 4) is 17.2 Å². The van der Waals surface area contributed by atoms with Crippen molar-refractivity contribution >= 4 is 43.6 Å².